The van der Waals surface area contributed by atoms with Gasteiger partial charge in [0.15, 0.2) is 6.61 Å². The standard InChI is InChI=1S/C19H32N2O4S/c1-6-7-12-26(23,24)21-11-10-20-18(22)14-25-17-9-8-15(2)13-16(17)19(3,4)5/h8-9,13,21H,6-7,10-12,14H2,1-5H3,(H,20,22). The molecule has 0 bridgehead atoms. The van der Waals surface area contributed by atoms with E-state index in [2.05, 4.69) is 36.9 Å². The lowest BCUT2D eigenvalue weighted by Gasteiger charge is -2.23. The van der Waals surface area contributed by atoms with Gasteiger partial charge in [0.25, 0.3) is 5.91 Å². The molecule has 0 saturated heterocycles. The minimum atomic E-state index is -3.26. The summed E-state index contributed by atoms with van der Waals surface area (Å²) in [5.41, 5.74) is 2.10. The van der Waals surface area contributed by atoms with Crippen molar-refractivity contribution in [3.8, 4) is 5.75 Å². The summed E-state index contributed by atoms with van der Waals surface area (Å²) in [7, 11) is -3.26. The number of nitrogens with one attached hydrogen (secondary N) is 2. The van der Waals surface area contributed by atoms with Gasteiger partial charge in [-0.3, -0.25) is 4.79 Å². The number of rotatable bonds is 10. The Kier molecular flexibility index (Phi) is 8.56. The number of benzene rings is 1. The van der Waals surface area contributed by atoms with Crippen molar-refractivity contribution in [1.29, 1.82) is 0 Å². The average Bonchev–Trinajstić information content (AvgIpc) is 2.55. The summed E-state index contributed by atoms with van der Waals surface area (Å²) in [5.74, 6) is 0.528. The predicted molar refractivity (Wildman–Crippen MR) is 105 cm³/mol. The van der Waals surface area contributed by atoms with Crippen molar-refractivity contribution in [2.45, 2.75) is 52.9 Å². The van der Waals surface area contributed by atoms with E-state index in [4.69, 9.17) is 4.74 Å². The van der Waals surface area contributed by atoms with E-state index in [1.807, 2.05) is 26.0 Å². The molecular formula is C19H32N2O4S. The molecule has 0 radical (unpaired) electrons. The number of carbonyl (C=O) groups is 1. The summed E-state index contributed by atoms with van der Waals surface area (Å²) in [6.45, 7) is 10.6. The van der Waals surface area contributed by atoms with E-state index in [1.165, 1.54) is 0 Å². The van der Waals surface area contributed by atoms with E-state index < -0.39 is 10.0 Å². The first-order valence-corrected chi connectivity index (χ1v) is 10.7. The van der Waals surface area contributed by atoms with Gasteiger partial charge in [0.2, 0.25) is 10.0 Å². The average molecular weight is 385 g/mol. The van der Waals surface area contributed by atoms with Crippen LogP contribution in [-0.2, 0) is 20.2 Å². The lowest BCUT2D eigenvalue weighted by atomic mass is 9.85. The van der Waals surface area contributed by atoms with Crippen LogP contribution in [0.3, 0.4) is 0 Å². The number of carbonyl (C=O) groups excluding carboxylic acids is 1. The van der Waals surface area contributed by atoms with Crippen LogP contribution in [0, 0.1) is 6.92 Å². The molecule has 0 unspecified atom stereocenters. The maximum absolute atomic E-state index is 11.9. The maximum Gasteiger partial charge on any atom is 0.257 e. The molecule has 0 aliphatic carbocycles. The fraction of sp³-hybridized carbons (Fsp3) is 0.632. The second-order valence-electron chi connectivity index (χ2n) is 7.46. The molecule has 1 amide bonds. The topological polar surface area (TPSA) is 84.5 Å². The quantitative estimate of drug-likeness (QED) is 0.607. The zero-order valence-corrected chi connectivity index (χ0v) is 17.3. The van der Waals surface area contributed by atoms with E-state index in [-0.39, 0.29) is 36.8 Å². The zero-order valence-electron chi connectivity index (χ0n) is 16.5. The molecule has 6 nitrogen and oxygen atoms in total. The van der Waals surface area contributed by atoms with Crippen molar-refractivity contribution in [1.82, 2.24) is 10.0 Å². The van der Waals surface area contributed by atoms with Crippen molar-refractivity contribution < 1.29 is 17.9 Å². The first kappa shape index (κ1) is 22.4. The SMILES string of the molecule is CCCCS(=O)(=O)NCCNC(=O)COc1ccc(C)cc1C(C)(C)C. The van der Waals surface area contributed by atoms with Gasteiger partial charge in [0.05, 0.1) is 5.75 Å². The van der Waals surface area contributed by atoms with Crippen molar-refractivity contribution >= 4 is 15.9 Å². The monoisotopic (exact) mass is 384 g/mol. The number of amides is 1. The van der Waals surface area contributed by atoms with Gasteiger partial charge in [-0.05, 0) is 30.4 Å². The molecule has 1 rings (SSSR count). The van der Waals surface area contributed by atoms with Gasteiger partial charge in [0, 0.05) is 13.1 Å². The van der Waals surface area contributed by atoms with Crippen LogP contribution in [0.1, 0.15) is 51.7 Å². The van der Waals surface area contributed by atoms with Gasteiger partial charge >= 0.3 is 0 Å². The molecule has 2 N–H and O–H groups in total. The molecule has 0 aromatic heterocycles. The van der Waals surface area contributed by atoms with Gasteiger partial charge < -0.3 is 10.1 Å². The van der Waals surface area contributed by atoms with Crippen LogP contribution in [0.4, 0.5) is 0 Å². The van der Waals surface area contributed by atoms with E-state index in [9.17, 15) is 13.2 Å². The van der Waals surface area contributed by atoms with Crippen LogP contribution in [-0.4, -0.2) is 39.8 Å². The summed E-state index contributed by atoms with van der Waals surface area (Å²) in [5, 5.41) is 2.66. The Labute approximate surface area is 157 Å². The molecule has 0 aliphatic heterocycles. The van der Waals surface area contributed by atoms with Gasteiger partial charge in [-0.25, -0.2) is 13.1 Å². The molecule has 0 spiro atoms. The second kappa shape index (κ2) is 9.92. The normalized spacial score (nSPS) is 12.0. The van der Waals surface area contributed by atoms with E-state index in [1.54, 1.807) is 0 Å². The minimum absolute atomic E-state index is 0.0887. The molecule has 148 valence electrons. The van der Waals surface area contributed by atoms with Crippen molar-refractivity contribution in [2.24, 2.45) is 0 Å². The zero-order chi connectivity index (χ0) is 19.8. The highest BCUT2D eigenvalue weighted by molar-refractivity contribution is 7.89. The van der Waals surface area contributed by atoms with Crippen LogP contribution in [0.15, 0.2) is 18.2 Å². The predicted octanol–water partition coefficient (Wildman–Crippen LogP) is 2.51. The Morgan fingerprint density at radius 3 is 2.50 bits per heavy atom. The Hall–Kier alpha value is -1.60. The van der Waals surface area contributed by atoms with E-state index in [0.717, 1.165) is 17.5 Å². The number of unbranched alkanes of at least 4 members (excludes halogenated alkanes) is 1. The summed E-state index contributed by atoms with van der Waals surface area (Å²) in [4.78, 5) is 11.9. The Bertz CT molecular complexity index is 694. The molecule has 7 heteroatoms. The van der Waals surface area contributed by atoms with Crippen LogP contribution in [0.2, 0.25) is 0 Å². The molecule has 26 heavy (non-hydrogen) atoms. The Balaban J connectivity index is 2.44. The van der Waals surface area contributed by atoms with Crippen LogP contribution in [0.5, 0.6) is 5.75 Å². The molecular weight excluding hydrogens is 352 g/mol. The number of hydrogen-bond acceptors (Lipinski definition) is 4. The lowest BCUT2D eigenvalue weighted by molar-refractivity contribution is -0.123. The number of aryl methyl sites for hydroxylation is 1. The van der Waals surface area contributed by atoms with Gasteiger partial charge in [-0.15, -0.1) is 0 Å². The molecule has 0 heterocycles. The highest BCUT2D eigenvalue weighted by Gasteiger charge is 2.19. The number of sulfonamides is 1. The molecule has 0 fully saturated rings. The molecule has 0 saturated carbocycles. The molecule has 0 atom stereocenters. The molecule has 1 aromatic carbocycles. The summed E-state index contributed by atoms with van der Waals surface area (Å²) in [6, 6.07) is 5.90. The van der Waals surface area contributed by atoms with E-state index >= 15 is 0 Å². The highest BCUT2D eigenvalue weighted by atomic mass is 32.2. The second-order valence-corrected chi connectivity index (χ2v) is 9.38. The minimum Gasteiger partial charge on any atom is -0.483 e. The largest absolute Gasteiger partial charge is 0.483 e. The van der Waals surface area contributed by atoms with Gasteiger partial charge in [-0.1, -0.05) is 51.8 Å². The number of hydrogen-bond donors (Lipinski definition) is 2. The first-order chi connectivity index (χ1) is 12.0. The third-order valence-corrected chi connectivity index (χ3v) is 5.31. The number of ether oxygens (including phenoxy) is 1. The smallest absolute Gasteiger partial charge is 0.257 e. The van der Waals surface area contributed by atoms with E-state index in [0.29, 0.717) is 12.2 Å². The van der Waals surface area contributed by atoms with Crippen LogP contribution >= 0.6 is 0 Å². The molecule has 1 aromatic rings. The fourth-order valence-corrected chi connectivity index (χ4v) is 3.59. The highest BCUT2D eigenvalue weighted by Crippen LogP contribution is 2.32. The third kappa shape index (κ3) is 8.19. The summed E-state index contributed by atoms with van der Waals surface area (Å²) in [6.07, 6.45) is 1.45. The van der Waals surface area contributed by atoms with Crippen molar-refractivity contribution in [2.75, 3.05) is 25.4 Å². The molecule has 0 aliphatic rings. The van der Waals surface area contributed by atoms with Gasteiger partial charge in [-0.2, -0.15) is 0 Å². The Morgan fingerprint density at radius 2 is 1.88 bits per heavy atom. The first-order valence-electron chi connectivity index (χ1n) is 9.03. The summed E-state index contributed by atoms with van der Waals surface area (Å²) < 4.78 is 31.5. The Morgan fingerprint density at radius 1 is 1.19 bits per heavy atom. The van der Waals surface area contributed by atoms with Crippen LogP contribution < -0.4 is 14.8 Å². The lowest BCUT2D eigenvalue weighted by Crippen LogP contribution is -2.37. The third-order valence-electron chi connectivity index (χ3n) is 3.84. The van der Waals surface area contributed by atoms with Gasteiger partial charge in [0.1, 0.15) is 5.75 Å². The van der Waals surface area contributed by atoms with Crippen molar-refractivity contribution in [3.63, 3.8) is 0 Å². The van der Waals surface area contributed by atoms with Crippen LogP contribution in [0.25, 0.3) is 0 Å². The fourth-order valence-electron chi connectivity index (χ4n) is 2.37. The maximum atomic E-state index is 11.9. The van der Waals surface area contributed by atoms with Crippen molar-refractivity contribution in [3.05, 3.63) is 29.3 Å². The summed E-state index contributed by atoms with van der Waals surface area (Å²) >= 11 is 0.